The maximum Gasteiger partial charge on any atom is 0.243 e. The topological polar surface area (TPSA) is 85.4 Å². The van der Waals surface area contributed by atoms with Crippen LogP contribution in [-0.2, 0) is 11.2 Å². The Morgan fingerprint density at radius 3 is 2.58 bits per heavy atom. The van der Waals surface area contributed by atoms with Gasteiger partial charge in [-0.2, -0.15) is 0 Å². The van der Waals surface area contributed by atoms with Gasteiger partial charge in [-0.3, -0.25) is 9.59 Å². The SMILES string of the molecule is CC(C)[C@H]1C(=O)N[C@H](CO)Cc2c[nH]c3c(C(=O)CC4CCCC4)ccc(c23)N1CC1CC1. The fourth-order valence-corrected chi connectivity index (χ4v) is 5.98. The van der Waals surface area contributed by atoms with Crippen LogP contribution in [0.2, 0.25) is 0 Å². The second-order valence-corrected chi connectivity index (χ2v) is 10.9. The molecule has 6 heteroatoms. The highest BCUT2D eigenvalue weighted by Gasteiger charge is 2.37. The van der Waals surface area contributed by atoms with E-state index in [-0.39, 0.29) is 36.3 Å². The predicted molar refractivity (Wildman–Crippen MR) is 131 cm³/mol. The number of anilines is 1. The fraction of sp³-hybridized carbons (Fsp3) is 0.630. The standard InChI is InChI=1S/C27H37N3O3/c1-16(2)26-27(33)29-20(15-31)12-19-13-28-25-21(23(32)11-17-5-3-4-6-17)9-10-22(24(19)25)30(26)14-18-7-8-18/h9-10,13,16-18,20,26,28,31H,3-8,11-12,14-15H2,1-2H3,(H,29,33)/t20-,26-/m0/s1. The van der Waals surface area contributed by atoms with E-state index in [0.717, 1.165) is 47.1 Å². The average molecular weight is 452 g/mol. The smallest absolute Gasteiger partial charge is 0.243 e. The van der Waals surface area contributed by atoms with Gasteiger partial charge in [0.05, 0.1) is 18.2 Å². The third-order valence-corrected chi connectivity index (χ3v) is 7.87. The minimum atomic E-state index is -0.343. The van der Waals surface area contributed by atoms with E-state index in [2.05, 4.69) is 35.1 Å². The summed E-state index contributed by atoms with van der Waals surface area (Å²) >= 11 is 0. The number of nitrogens with one attached hydrogen (secondary N) is 2. The first-order valence-electron chi connectivity index (χ1n) is 12.8. The number of H-pyrrole nitrogens is 1. The van der Waals surface area contributed by atoms with Crippen molar-refractivity contribution in [2.75, 3.05) is 18.1 Å². The first-order valence-corrected chi connectivity index (χ1v) is 12.8. The van der Waals surface area contributed by atoms with E-state index in [1.54, 1.807) is 0 Å². The van der Waals surface area contributed by atoms with Crippen LogP contribution in [0, 0.1) is 17.8 Å². The van der Waals surface area contributed by atoms with Crippen molar-refractivity contribution in [3.8, 4) is 0 Å². The van der Waals surface area contributed by atoms with Gasteiger partial charge < -0.3 is 20.3 Å². The molecule has 5 rings (SSSR count). The number of benzene rings is 1. The Bertz CT molecular complexity index is 1030. The number of aliphatic hydroxyl groups excluding tert-OH is 1. The molecule has 0 unspecified atom stereocenters. The number of ketones is 1. The number of carbonyl (C=O) groups excluding carboxylic acids is 2. The molecule has 0 bridgehead atoms. The summed E-state index contributed by atoms with van der Waals surface area (Å²) in [7, 11) is 0. The zero-order valence-corrected chi connectivity index (χ0v) is 19.9. The second kappa shape index (κ2) is 9.13. The summed E-state index contributed by atoms with van der Waals surface area (Å²) < 4.78 is 0. The number of rotatable bonds is 7. The van der Waals surface area contributed by atoms with Crippen molar-refractivity contribution in [3.05, 3.63) is 29.5 Å². The van der Waals surface area contributed by atoms with E-state index in [0.29, 0.717) is 24.7 Å². The zero-order valence-electron chi connectivity index (χ0n) is 19.9. The lowest BCUT2D eigenvalue weighted by Gasteiger charge is -2.36. The van der Waals surface area contributed by atoms with E-state index in [9.17, 15) is 14.7 Å². The van der Waals surface area contributed by atoms with Gasteiger partial charge in [0.2, 0.25) is 5.91 Å². The van der Waals surface area contributed by atoms with Crippen molar-refractivity contribution >= 4 is 28.3 Å². The Morgan fingerprint density at radius 1 is 1.15 bits per heavy atom. The molecule has 1 aromatic carbocycles. The molecule has 1 aromatic heterocycles. The molecule has 0 radical (unpaired) electrons. The number of hydrogen-bond donors (Lipinski definition) is 3. The normalized spacial score (nSPS) is 24.1. The lowest BCUT2D eigenvalue weighted by Crippen LogP contribution is -2.53. The summed E-state index contributed by atoms with van der Waals surface area (Å²) in [6.45, 7) is 4.91. The molecule has 0 saturated heterocycles. The number of nitrogens with zero attached hydrogens (tertiary/aromatic N) is 1. The van der Waals surface area contributed by atoms with E-state index in [1.165, 1.54) is 25.7 Å². The molecule has 3 N–H and O–H groups in total. The number of Topliss-reactive ketones (excluding diaryl/α,β-unsaturated/α-hetero) is 1. The molecule has 178 valence electrons. The van der Waals surface area contributed by atoms with Gasteiger partial charge in [-0.05, 0) is 54.7 Å². The first kappa shape index (κ1) is 22.5. The van der Waals surface area contributed by atoms with Crippen LogP contribution in [0.3, 0.4) is 0 Å². The lowest BCUT2D eigenvalue weighted by molar-refractivity contribution is -0.124. The van der Waals surface area contributed by atoms with Gasteiger partial charge in [0, 0.05) is 35.8 Å². The number of hydrogen-bond acceptors (Lipinski definition) is 4. The van der Waals surface area contributed by atoms with Crippen LogP contribution < -0.4 is 10.2 Å². The number of aromatic nitrogens is 1. The maximum absolute atomic E-state index is 13.4. The van der Waals surface area contributed by atoms with Crippen LogP contribution in [0.25, 0.3) is 10.9 Å². The van der Waals surface area contributed by atoms with E-state index in [1.807, 2.05) is 12.3 Å². The quantitative estimate of drug-likeness (QED) is 0.551. The molecular weight excluding hydrogens is 414 g/mol. The molecule has 3 aliphatic rings. The number of amides is 1. The fourth-order valence-electron chi connectivity index (χ4n) is 5.98. The predicted octanol–water partition coefficient (Wildman–Crippen LogP) is 4.21. The maximum atomic E-state index is 13.4. The summed E-state index contributed by atoms with van der Waals surface area (Å²) in [5, 5.41) is 14.2. The Kier molecular flexibility index (Phi) is 6.21. The zero-order chi connectivity index (χ0) is 23.1. The Hall–Kier alpha value is -2.34. The number of aliphatic hydroxyl groups is 1. The monoisotopic (exact) mass is 451 g/mol. The highest BCUT2D eigenvalue weighted by Crippen LogP contribution is 2.40. The van der Waals surface area contributed by atoms with Gasteiger partial charge in [-0.1, -0.05) is 39.5 Å². The molecule has 2 atom stereocenters. The molecule has 1 aliphatic heterocycles. The Balaban J connectivity index is 1.62. The first-order chi connectivity index (χ1) is 16.0. The molecule has 33 heavy (non-hydrogen) atoms. The minimum absolute atomic E-state index is 0.0200. The third kappa shape index (κ3) is 4.42. The van der Waals surface area contributed by atoms with Crippen LogP contribution in [0.1, 0.15) is 74.7 Å². The molecule has 2 aromatic rings. The number of carbonyl (C=O) groups is 2. The van der Waals surface area contributed by atoms with Crippen LogP contribution in [-0.4, -0.2) is 47.0 Å². The minimum Gasteiger partial charge on any atom is -0.394 e. The average Bonchev–Trinajstić information content (AvgIpc) is 3.26. The van der Waals surface area contributed by atoms with Gasteiger partial charge in [0.1, 0.15) is 6.04 Å². The van der Waals surface area contributed by atoms with Crippen molar-refractivity contribution in [1.82, 2.24) is 10.3 Å². The molecule has 2 saturated carbocycles. The van der Waals surface area contributed by atoms with Crippen LogP contribution >= 0.6 is 0 Å². The summed E-state index contributed by atoms with van der Waals surface area (Å²) in [5.74, 6) is 1.41. The van der Waals surface area contributed by atoms with Crippen LogP contribution in [0.15, 0.2) is 18.3 Å². The van der Waals surface area contributed by atoms with Gasteiger partial charge >= 0.3 is 0 Å². The van der Waals surface area contributed by atoms with E-state index < -0.39 is 0 Å². The van der Waals surface area contributed by atoms with Gasteiger partial charge in [0.25, 0.3) is 0 Å². The molecule has 2 fully saturated rings. The molecule has 0 spiro atoms. The van der Waals surface area contributed by atoms with Gasteiger partial charge in [0.15, 0.2) is 5.78 Å². The van der Waals surface area contributed by atoms with Crippen molar-refractivity contribution < 1.29 is 14.7 Å². The van der Waals surface area contributed by atoms with Crippen molar-refractivity contribution in [1.29, 1.82) is 0 Å². The molecule has 6 nitrogen and oxygen atoms in total. The van der Waals surface area contributed by atoms with Gasteiger partial charge in [-0.15, -0.1) is 0 Å². The Labute approximate surface area is 196 Å². The van der Waals surface area contributed by atoms with E-state index in [4.69, 9.17) is 0 Å². The highest BCUT2D eigenvalue weighted by atomic mass is 16.3. The highest BCUT2D eigenvalue weighted by molar-refractivity contribution is 6.11. The molecule has 2 heterocycles. The van der Waals surface area contributed by atoms with Crippen molar-refractivity contribution in [2.45, 2.75) is 77.3 Å². The van der Waals surface area contributed by atoms with Crippen molar-refractivity contribution in [3.63, 3.8) is 0 Å². The summed E-state index contributed by atoms with van der Waals surface area (Å²) in [6.07, 6.45) is 10.3. The largest absolute Gasteiger partial charge is 0.394 e. The van der Waals surface area contributed by atoms with Crippen molar-refractivity contribution in [2.24, 2.45) is 17.8 Å². The molecule has 2 aliphatic carbocycles. The lowest BCUT2D eigenvalue weighted by atomic mass is 9.93. The molecule has 1 amide bonds. The Morgan fingerprint density at radius 2 is 1.91 bits per heavy atom. The summed E-state index contributed by atoms with van der Waals surface area (Å²) in [4.78, 5) is 32.4. The second-order valence-electron chi connectivity index (χ2n) is 10.9. The summed E-state index contributed by atoms with van der Waals surface area (Å²) in [5.41, 5.74) is 3.75. The number of aromatic amines is 1. The van der Waals surface area contributed by atoms with Crippen LogP contribution in [0.4, 0.5) is 5.69 Å². The summed E-state index contributed by atoms with van der Waals surface area (Å²) in [6, 6.07) is 3.39. The van der Waals surface area contributed by atoms with E-state index >= 15 is 0 Å². The molecular formula is C27H37N3O3. The van der Waals surface area contributed by atoms with Gasteiger partial charge in [-0.25, -0.2) is 0 Å². The third-order valence-electron chi connectivity index (χ3n) is 7.87. The van der Waals surface area contributed by atoms with Crippen LogP contribution in [0.5, 0.6) is 0 Å².